The molecule has 0 atom stereocenters. The van der Waals surface area contributed by atoms with Gasteiger partial charge < -0.3 is 9.32 Å². The van der Waals surface area contributed by atoms with Crippen LogP contribution < -0.4 is 0 Å². The standard InChI is InChI=1S/C18H23N3O2/c1-13-9-11-21(12-10-13)17(22)8-7-16-19-20-18(23-16)15-6-4-3-5-14(15)2/h3-6,13H,7-12H2,1-2H3. The fourth-order valence-electron chi connectivity index (χ4n) is 2.91. The maximum absolute atomic E-state index is 12.2. The van der Waals surface area contributed by atoms with E-state index in [9.17, 15) is 4.79 Å². The van der Waals surface area contributed by atoms with Crippen molar-refractivity contribution in [1.29, 1.82) is 0 Å². The van der Waals surface area contributed by atoms with E-state index in [1.165, 1.54) is 0 Å². The topological polar surface area (TPSA) is 59.2 Å². The molecule has 3 rings (SSSR count). The summed E-state index contributed by atoms with van der Waals surface area (Å²) in [5, 5.41) is 8.18. The molecule has 5 heteroatoms. The van der Waals surface area contributed by atoms with E-state index in [1.54, 1.807) is 0 Å². The third-order valence-electron chi connectivity index (χ3n) is 4.53. The molecule has 1 aliphatic heterocycles. The van der Waals surface area contributed by atoms with Crippen LogP contribution in [0.25, 0.3) is 11.5 Å². The van der Waals surface area contributed by atoms with Gasteiger partial charge in [-0.2, -0.15) is 0 Å². The molecule has 1 aromatic carbocycles. The van der Waals surface area contributed by atoms with Gasteiger partial charge in [-0.05, 0) is 37.3 Å². The molecule has 1 amide bonds. The Balaban J connectivity index is 1.57. The maximum Gasteiger partial charge on any atom is 0.247 e. The molecule has 0 spiro atoms. The van der Waals surface area contributed by atoms with Crippen molar-refractivity contribution in [2.75, 3.05) is 13.1 Å². The predicted molar refractivity (Wildman–Crippen MR) is 87.8 cm³/mol. The molecule has 0 radical (unpaired) electrons. The highest BCUT2D eigenvalue weighted by Gasteiger charge is 2.20. The summed E-state index contributed by atoms with van der Waals surface area (Å²) in [6.07, 6.45) is 3.14. The van der Waals surface area contributed by atoms with Crippen molar-refractivity contribution >= 4 is 5.91 Å². The first kappa shape index (κ1) is 15.7. The second-order valence-electron chi connectivity index (χ2n) is 6.38. The Kier molecular flexibility index (Phi) is 4.74. The maximum atomic E-state index is 12.2. The number of rotatable bonds is 4. The number of nitrogens with zero attached hydrogens (tertiary/aromatic N) is 3. The highest BCUT2D eigenvalue weighted by atomic mass is 16.4. The van der Waals surface area contributed by atoms with E-state index < -0.39 is 0 Å². The average Bonchev–Trinajstić information content (AvgIpc) is 3.02. The summed E-state index contributed by atoms with van der Waals surface area (Å²) in [6.45, 7) is 6.00. The molecule has 0 bridgehead atoms. The minimum absolute atomic E-state index is 0.188. The summed E-state index contributed by atoms with van der Waals surface area (Å²) in [7, 11) is 0. The molecule has 0 unspecified atom stereocenters. The van der Waals surface area contributed by atoms with Crippen LogP contribution in [-0.2, 0) is 11.2 Å². The van der Waals surface area contributed by atoms with Crippen molar-refractivity contribution in [3.63, 3.8) is 0 Å². The highest BCUT2D eigenvalue weighted by molar-refractivity contribution is 5.76. The van der Waals surface area contributed by atoms with E-state index >= 15 is 0 Å². The number of hydrogen-bond donors (Lipinski definition) is 0. The lowest BCUT2D eigenvalue weighted by atomic mass is 9.99. The lowest BCUT2D eigenvalue weighted by Gasteiger charge is -2.30. The lowest BCUT2D eigenvalue weighted by Crippen LogP contribution is -2.38. The summed E-state index contributed by atoms with van der Waals surface area (Å²) < 4.78 is 5.71. The van der Waals surface area contributed by atoms with E-state index in [0.29, 0.717) is 24.6 Å². The molecule has 23 heavy (non-hydrogen) atoms. The molecule has 2 aromatic rings. The van der Waals surface area contributed by atoms with Crippen molar-refractivity contribution in [3.05, 3.63) is 35.7 Å². The average molecular weight is 313 g/mol. The van der Waals surface area contributed by atoms with Gasteiger partial charge in [-0.25, -0.2) is 0 Å². The minimum atomic E-state index is 0.188. The SMILES string of the molecule is Cc1ccccc1-c1nnc(CCC(=O)N2CCC(C)CC2)o1. The number of amides is 1. The summed E-state index contributed by atoms with van der Waals surface area (Å²) >= 11 is 0. The Morgan fingerprint density at radius 2 is 2.00 bits per heavy atom. The Hall–Kier alpha value is -2.17. The van der Waals surface area contributed by atoms with Gasteiger partial charge in [0.1, 0.15) is 0 Å². The van der Waals surface area contributed by atoms with Crippen molar-refractivity contribution in [1.82, 2.24) is 15.1 Å². The van der Waals surface area contributed by atoms with E-state index in [1.807, 2.05) is 36.1 Å². The van der Waals surface area contributed by atoms with Gasteiger partial charge in [-0.1, -0.05) is 25.1 Å². The normalized spacial score (nSPS) is 15.8. The second-order valence-corrected chi connectivity index (χ2v) is 6.38. The van der Waals surface area contributed by atoms with Gasteiger partial charge in [-0.15, -0.1) is 10.2 Å². The largest absolute Gasteiger partial charge is 0.421 e. The van der Waals surface area contributed by atoms with Crippen molar-refractivity contribution in [2.24, 2.45) is 5.92 Å². The summed E-state index contributed by atoms with van der Waals surface area (Å²) in [6, 6.07) is 7.91. The number of carbonyl (C=O) groups excluding carboxylic acids is 1. The van der Waals surface area contributed by atoms with Crippen molar-refractivity contribution in [2.45, 2.75) is 39.5 Å². The first-order valence-electron chi connectivity index (χ1n) is 8.29. The zero-order chi connectivity index (χ0) is 16.2. The van der Waals surface area contributed by atoms with Gasteiger partial charge in [0.2, 0.25) is 17.7 Å². The third kappa shape index (κ3) is 3.78. The molecule has 1 fully saturated rings. The molecule has 122 valence electrons. The summed E-state index contributed by atoms with van der Waals surface area (Å²) in [5.74, 6) is 1.97. The van der Waals surface area contributed by atoms with Crippen LogP contribution in [0.3, 0.4) is 0 Å². The fraction of sp³-hybridized carbons (Fsp3) is 0.500. The molecule has 0 aliphatic carbocycles. The van der Waals surface area contributed by atoms with Gasteiger partial charge in [0.25, 0.3) is 0 Å². The zero-order valence-electron chi connectivity index (χ0n) is 13.8. The lowest BCUT2D eigenvalue weighted by molar-refractivity contribution is -0.132. The van der Waals surface area contributed by atoms with Crippen LogP contribution in [0, 0.1) is 12.8 Å². The molecule has 0 saturated carbocycles. The van der Waals surface area contributed by atoms with Gasteiger partial charge in [0.15, 0.2) is 0 Å². The predicted octanol–water partition coefficient (Wildman–Crippen LogP) is 3.24. The summed E-state index contributed by atoms with van der Waals surface area (Å²) in [4.78, 5) is 14.2. The number of aromatic nitrogens is 2. The number of likely N-dealkylation sites (tertiary alicyclic amines) is 1. The van der Waals surface area contributed by atoms with Crippen LogP contribution in [0.4, 0.5) is 0 Å². The van der Waals surface area contributed by atoms with Crippen LogP contribution in [0.1, 0.15) is 37.6 Å². The Bertz CT molecular complexity index is 672. The summed E-state index contributed by atoms with van der Waals surface area (Å²) in [5.41, 5.74) is 2.05. The number of piperidine rings is 1. The van der Waals surface area contributed by atoms with Gasteiger partial charge in [0, 0.05) is 31.5 Å². The molecule has 1 aliphatic rings. The first-order valence-corrected chi connectivity index (χ1v) is 8.29. The van der Waals surface area contributed by atoms with Crippen LogP contribution in [0.15, 0.2) is 28.7 Å². The van der Waals surface area contributed by atoms with Crippen molar-refractivity contribution < 1.29 is 9.21 Å². The fourth-order valence-corrected chi connectivity index (χ4v) is 2.91. The molecular formula is C18H23N3O2. The monoisotopic (exact) mass is 313 g/mol. The molecule has 0 N–H and O–H groups in total. The van der Waals surface area contributed by atoms with E-state index in [0.717, 1.165) is 43.0 Å². The smallest absolute Gasteiger partial charge is 0.247 e. The molecule has 1 aromatic heterocycles. The van der Waals surface area contributed by atoms with Gasteiger partial charge in [-0.3, -0.25) is 4.79 Å². The van der Waals surface area contributed by atoms with Crippen LogP contribution >= 0.6 is 0 Å². The number of hydrogen-bond acceptors (Lipinski definition) is 4. The number of aryl methyl sites for hydroxylation is 2. The first-order chi connectivity index (χ1) is 11.1. The highest BCUT2D eigenvalue weighted by Crippen LogP contribution is 2.22. The van der Waals surface area contributed by atoms with E-state index in [4.69, 9.17) is 4.42 Å². The molecular weight excluding hydrogens is 290 g/mol. The third-order valence-corrected chi connectivity index (χ3v) is 4.53. The molecule has 5 nitrogen and oxygen atoms in total. The van der Waals surface area contributed by atoms with Gasteiger partial charge >= 0.3 is 0 Å². The molecule has 2 heterocycles. The number of benzene rings is 1. The minimum Gasteiger partial charge on any atom is -0.421 e. The van der Waals surface area contributed by atoms with Crippen LogP contribution in [0.2, 0.25) is 0 Å². The van der Waals surface area contributed by atoms with E-state index in [2.05, 4.69) is 17.1 Å². The number of carbonyl (C=O) groups is 1. The van der Waals surface area contributed by atoms with Crippen molar-refractivity contribution in [3.8, 4) is 11.5 Å². The quantitative estimate of drug-likeness (QED) is 0.869. The Morgan fingerprint density at radius 3 is 2.74 bits per heavy atom. The molecule has 1 saturated heterocycles. The zero-order valence-corrected chi connectivity index (χ0v) is 13.8. The van der Waals surface area contributed by atoms with Crippen LogP contribution in [-0.4, -0.2) is 34.1 Å². The van der Waals surface area contributed by atoms with E-state index in [-0.39, 0.29) is 5.91 Å². The Morgan fingerprint density at radius 1 is 1.26 bits per heavy atom. The Labute approximate surface area is 136 Å². The van der Waals surface area contributed by atoms with Crippen LogP contribution in [0.5, 0.6) is 0 Å². The second kappa shape index (κ2) is 6.94. The van der Waals surface area contributed by atoms with Gasteiger partial charge in [0.05, 0.1) is 0 Å².